The number of rotatable bonds is 3. The lowest BCUT2D eigenvalue weighted by Gasteiger charge is -2.17. The minimum atomic E-state index is -2.18. The van der Waals surface area contributed by atoms with Gasteiger partial charge in [0.1, 0.15) is 0 Å². The smallest absolute Gasteiger partial charge is 0.200 e. The highest BCUT2D eigenvalue weighted by Gasteiger charge is 2.27. The van der Waals surface area contributed by atoms with Crippen LogP contribution < -0.4 is 0 Å². The van der Waals surface area contributed by atoms with Gasteiger partial charge in [-0.1, -0.05) is 109 Å². The zero-order valence-electron chi connectivity index (χ0n) is 25.0. The fourth-order valence-corrected chi connectivity index (χ4v) is 7.29. The van der Waals surface area contributed by atoms with Gasteiger partial charge in [0.25, 0.3) is 0 Å². The van der Waals surface area contributed by atoms with E-state index < -0.39 is 34.6 Å². The van der Waals surface area contributed by atoms with E-state index in [1.165, 1.54) is 12.1 Å². The second-order valence-corrected chi connectivity index (χ2v) is 11.9. The first kappa shape index (κ1) is 28.2. The molecule has 0 bridgehead atoms. The largest absolute Gasteiger partial charge is 0.309 e. The molecule has 0 radical (unpaired) electrons. The Labute approximate surface area is 270 Å². The van der Waals surface area contributed by atoms with Crippen LogP contribution in [0.25, 0.3) is 82.1 Å². The van der Waals surface area contributed by atoms with Crippen molar-refractivity contribution in [1.82, 2.24) is 4.57 Å². The summed E-state index contributed by atoms with van der Waals surface area (Å²) in [5.74, 6) is -9.85. The van der Waals surface area contributed by atoms with E-state index in [9.17, 15) is 22.0 Å². The van der Waals surface area contributed by atoms with Crippen molar-refractivity contribution < 1.29 is 22.0 Å². The number of nitrogens with zero attached hydrogens (tertiary/aromatic N) is 1. The Balaban J connectivity index is 1.39. The highest BCUT2D eigenvalue weighted by atomic mass is 19.2. The van der Waals surface area contributed by atoms with Crippen molar-refractivity contribution in [2.24, 2.45) is 0 Å². The molecule has 48 heavy (non-hydrogen) atoms. The van der Waals surface area contributed by atoms with Gasteiger partial charge in [-0.25, -0.2) is 22.0 Å². The van der Waals surface area contributed by atoms with Crippen molar-refractivity contribution in [2.75, 3.05) is 0 Å². The number of aromatic nitrogens is 1. The van der Waals surface area contributed by atoms with E-state index in [1.807, 2.05) is 48.5 Å². The van der Waals surface area contributed by atoms with E-state index in [0.717, 1.165) is 70.9 Å². The summed E-state index contributed by atoms with van der Waals surface area (Å²) < 4.78 is 73.5. The molecule has 6 heteroatoms. The highest BCUT2D eigenvalue weighted by Crippen LogP contribution is 2.47. The van der Waals surface area contributed by atoms with Crippen molar-refractivity contribution >= 4 is 54.1 Å². The molecule has 0 fully saturated rings. The Morgan fingerprint density at radius 2 is 0.854 bits per heavy atom. The van der Waals surface area contributed by atoms with Gasteiger partial charge in [0.2, 0.25) is 5.82 Å². The van der Waals surface area contributed by atoms with Crippen LogP contribution in [0.5, 0.6) is 0 Å². The molecule has 9 aromatic rings. The van der Waals surface area contributed by atoms with Gasteiger partial charge in [-0.05, 0) is 67.9 Å². The average molecular weight is 636 g/mol. The van der Waals surface area contributed by atoms with Crippen LogP contribution in [0.3, 0.4) is 0 Å². The first-order valence-corrected chi connectivity index (χ1v) is 15.4. The molecule has 0 saturated heterocycles. The lowest BCUT2D eigenvalue weighted by molar-refractivity contribution is 0.381. The molecule has 1 heterocycles. The monoisotopic (exact) mass is 635 g/mol. The molecule has 0 N–H and O–H groups in total. The summed E-state index contributed by atoms with van der Waals surface area (Å²) in [4.78, 5) is 0. The summed E-state index contributed by atoms with van der Waals surface area (Å²) in [5, 5.41) is 8.56. The highest BCUT2D eigenvalue weighted by molar-refractivity contribution is 6.37. The quantitative estimate of drug-likeness (QED) is 0.0788. The lowest BCUT2D eigenvalue weighted by Crippen LogP contribution is -2.03. The fourth-order valence-electron chi connectivity index (χ4n) is 7.29. The average Bonchev–Trinajstić information content (AvgIpc) is 3.49. The van der Waals surface area contributed by atoms with Crippen molar-refractivity contribution in [3.8, 4) is 27.9 Å². The Morgan fingerprint density at radius 3 is 1.52 bits per heavy atom. The summed E-state index contributed by atoms with van der Waals surface area (Å²) >= 11 is 0. The van der Waals surface area contributed by atoms with E-state index >= 15 is 0 Å². The Hall–Kier alpha value is -6.01. The summed E-state index contributed by atoms with van der Waals surface area (Å²) in [5.41, 5.74) is 3.74. The molecule has 0 amide bonds. The maximum absolute atomic E-state index is 14.7. The van der Waals surface area contributed by atoms with Gasteiger partial charge in [-0.2, -0.15) is 0 Å². The van der Waals surface area contributed by atoms with Crippen molar-refractivity contribution in [2.45, 2.75) is 0 Å². The fraction of sp³-hybridized carbons (Fsp3) is 0. The van der Waals surface area contributed by atoms with Crippen LogP contribution in [-0.2, 0) is 0 Å². The molecule has 0 aliphatic carbocycles. The number of para-hydroxylation sites is 2. The Bertz CT molecular complexity index is 2740. The van der Waals surface area contributed by atoms with Crippen molar-refractivity contribution in [3.63, 3.8) is 0 Å². The van der Waals surface area contributed by atoms with Crippen LogP contribution in [-0.4, -0.2) is 4.57 Å². The number of hydrogen-bond acceptors (Lipinski definition) is 0. The predicted octanol–water partition coefficient (Wildman–Crippen LogP) is 12.3. The molecule has 0 atom stereocenters. The molecule has 0 saturated carbocycles. The number of fused-ring (bicyclic) bond motifs is 10. The van der Waals surface area contributed by atoms with Crippen molar-refractivity contribution in [3.05, 3.63) is 163 Å². The molecule has 0 spiro atoms. The lowest BCUT2D eigenvalue weighted by atomic mass is 9.88. The molecule has 1 aromatic heterocycles. The normalized spacial score (nSPS) is 11.9. The second-order valence-electron chi connectivity index (χ2n) is 11.9. The molecule has 1 nitrogen and oxygen atoms in total. The van der Waals surface area contributed by atoms with Gasteiger partial charge in [0, 0.05) is 21.8 Å². The molecule has 0 unspecified atom stereocenters. The van der Waals surface area contributed by atoms with E-state index in [-0.39, 0.29) is 5.56 Å². The van der Waals surface area contributed by atoms with Crippen molar-refractivity contribution in [1.29, 1.82) is 0 Å². The van der Waals surface area contributed by atoms with Crippen LogP contribution in [0, 0.1) is 29.1 Å². The van der Waals surface area contributed by atoms with Gasteiger partial charge in [0.05, 0.1) is 16.6 Å². The van der Waals surface area contributed by atoms with Gasteiger partial charge in [0.15, 0.2) is 23.3 Å². The van der Waals surface area contributed by atoms with Gasteiger partial charge in [-0.15, -0.1) is 0 Å². The van der Waals surface area contributed by atoms with Gasteiger partial charge < -0.3 is 4.57 Å². The standard InChI is InChI=1S/C42H22F5N/c43-37-34(38(44)40(46)41(47)39(37)45)24-20-18-23(19-21-24)31-22-32-27-13-5-7-15-29(27)35-30-16-8-9-17-33(30)48(25-10-2-1-3-11-25)42(35)36(32)28-14-6-4-12-26(28)31/h1-22H. The predicted molar refractivity (Wildman–Crippen MR) is 184 cm³/mol. The SMILES string of the molecule is Fc1c(F)c(F)c(-c2ccc(-c3cc4c5ccccc5c5c6ccccc6n(-c6ccccc6)c5c4c4ccccc34)cc2)c(F)c1F. The molecule has 9 rings (SSSR count). The third kappa shape index (κ3) is 3.89. The molecular formula is C42H22F5N. The van der Waals surface area contributed by atoms with E-state index in [2.05, 4.69) is 65.2 Å². The third-order valence-corrected chi connectivity index (χ3v) is 9.35. The van der Waals surface area contributed by atoms with Crippen LogP contribution in [0.15, 0.2) is 133 Å². The van der Waals surface area contributed by atoms with E-state index in [1.54, 1.807) is 12.1 Å². The van der Waals surface area contributed by atoms with Crippen LogP contribution in [0.1, 0.15) is 0 Å². The molecule has 0 aliphatic rings. The minimum Gasteiger partial charge on any atom is -0.309 e. The number of benzene rings is 8. The van der Waals surface area contributed by atoms with E-state index in [0.29, 0.717) is 0 Å². The molecule has 8 aromatic carbocycles. The number of halogens is 5. The molecule has 0 aliphatic heterocycles. The Morgan fingerprint density at radius 1 is 0.375 bits per heavy atom. The second kappa shape index (κ2) is 10.5. The molecular weight excluding hydrogens is 613 g/mol. The summed E-state index contributed by atoms with van der Waals surface area (Å²) in [6.07, 6.45) is 0. The number of hydrogen-bond donors (Lipinski definition) is 0. The minimum absolute atomic E-state index is 0.115. The van der Waals surface area contributed by atoms with Crippen LogP contribution in [0.4, 0.5) is 22.0 Å². The maximum atomic E-state index is 14.7. The summed E-state index contributed by atoms with van der Waals surface area (Å²) in [7, 11) is 0. The van der Waals surface area contributed by atoms with Crippen LogP contribution >= 0.6 is 0 Å². The zero-order chi connectivity index (χ0) is 32.7. The van der Waals surface area contributed by atoms with E-state index in [4.69, 9.17) is 0 Å². The first-order valence-electron chi connectivity index (χ1n) is 15.4. The molecule has 230 valence electrons. The summed E-state index contributed by atoms with van der Waals surface area (Å²) in [6, 6.07) is 43.4. The summed E-state index contributed by atoms with van der Waals surface area (Å²) in [6.45, 7) is 0. The first-order chi connectivity index (χ1) is 23.4. The topological polar surface area (TPSA) is 4.93 Å². The zero-order valence-corrected chi connectivity index (χ0v) is 25.0. The van der Waals surface area contributed by atoms with Gasteiger partial charge in [-0.3, -0.25) is 0 Å². The Kier molecular flexibility index (Phi) is 6.18. The third-order valence-electron chi connectivity index (χ3n) is 9.35. The van der Waals surface area contributed by atoms with Gasteiger partial charge >= 0.3 is 0 Å². The van der Waals surface area contributed by atoms with Crippen LogP contribution in [0.2, 0.25) is 0 Å². The maximum Gasteiger partial charge on any atom is 0.200 e.